The van der Waals surface area contributed by atoms with Crippen molar-refractivity contribution >= 4 is 38.6 Å². The normalized spacial score (nSPS) is 11.8. The zero-order chi connectivity index (χ0) is 22.1. The minimum atomic E-state index is -0.791. The Balaban J connectivity index is 1.96. The van der Waals surface area contributed by atoms with Crippen molar-refractivity contribution in [1.29, 1.82) is 0 Å². The van der Waals surface area contributed by atoms with Crippen LogP contribution in [-0.4, -0.2) is 56.0 Å². The van der Waals surface area contributed by atoms with E-state index in [-0.39, 0.29) is 11.6 Å². The molecule has 0 atom stereocenters. The van der Waals surface area contributed by atoms with Crippen molar-refractivity contribution in [3.05, 3.63) is 41.1 Å². The molecule has 9 nitrogen and oxygen atoms in total. The summed E-state index contributed by atoms with van der Waals surface area (Å²) < 4.78 is 2.14. The van der Waals surface area contributed by atoms with Gasteiger partial charge >= 0.3 is 0 Å². The van der Waals surface area contributed by atoms with Crippen molar-refractivity contribution in [2.45, 2.75) is 39.3 Å². The quantitative estimate of drug-likeness (QED) is 0.472. The van der Waals surface area contributed by atoms with Gasteiger partial charge in [0.1, 0.15) is 4.70 Å². The first-order valence-electron chi connectivity index (χ1n) is 9.44. The van der Waals surface area contributed by atoms with Crippen LogP contribution in [0.25, 0.3) is 10.3 Å². The Labute approximate surface area is 177 Å². The molecule has 0 aliphatic heterocycles. The number of aliphatic hydroxyl groups excluding tert-OH is 2. The molecule has 0 fully saturated rings. The zero-order valence-corrected chi connectivity index (χ0v) is 18.1. The molecule has 2 heterocycles. The van der Waals surface area contributed by atoms with Crippen LogP contribution in [-0.2, 0) is 5.54 Å². The van der Waals surface area contributed by atoms with Gasteiger partial charge in [-0.05, 0) is 39.8 Å². The van der Waals surface area contributed by atoms with Crippen LogP contribution in [0.5, 0.6) is 0 Å². The molecule has 3 aromatic rings. The first-order valence-corrected chi connectivity index (χ1v) is 10.3. The van der Waals surface area contributed by atoms with Crippen LogP contribution in [0.1, 0.15) is 47.2 Å². The Bertz CT molecular complexity index is 1060. The molecule has 4 N–H and O–H groups in total. The first kappa shape index (κ1) is 21.9. The average Bonchev–Trinajstić information content (AvgIpc) is 3.24. The Morgan fingerprint density at radius 2 is 1.77 bits per heavy atom. The smallest absolute Gasteiger partial charge is 0.273 e. The molecule has 10 heteroatoms. The highest BCUT2D eigenvalue weighted by molar-refractivity contribution is 7.22. The topological polar surface area (TPSA) is 129 Å². The molecule has 1 aromatic carbocycles. The van der Waals surface area contributed by atoms with Crippen LogP contribution in [0, 0.1) is 6.92 Å². The Hall–Kier alpha value is -2.82. The third-order valence-corrected chi connectivity index (χ3v) is 5.35. The SMILES string of the molecule is Cc1ccc(C(=O)Nc2nc3c(s2)c(C(=O)NC(CO)CO)nn3C(C)(C)C)cc1. The maximum Gasteiger partial charge on any atom is 0.273 e. The molecule has 0 aliphatic rings. The van der Waals surface area contributed by atoms with Gasteiger partial charge < -0.3 is 15.5 Å². The molecule has 0 saturated carbocycles. The number of hydrogen-bond acceptors (Lipinski definition) is 7. The maximum absolute atomic E-state index is 12.7. The lowest BCUT2D eigenvalue weighted by molar-refractivity contribution is 0.0874. The van der Waals surface area contributed by atoms with Crippen molar-refractivity contribution in [3.63, 3.8) is 0 Å². The number of aromatic nitrogens is 3. The van der Waals surface area contributed by atoms with Crippen molar-refractivity contribution in [2.75, 3.05) is 18.5 Å². The highest BCUT2D eigenvalue weighted by atomic mass is 32.1. The summed E-state index contributed by atoms with van der Waals surface area (Å²) in [5.74, 6) is -0.829. The number of nitrogens with zero attached hydrogens (tertiary/aromatic N) is 3. The van der Waals surface area contributed by atoms with E-state index in [9.17, 15) is 19.8 Å². The first-order chi connectivity index (χ1) is 14.1. The summed E-state index contributed by atoms with van der Waals surface area (Å²) >= 11 is 1.15. The number of amides is 2. The van der Waals surface area contributed by atoms with E-state index in [0.29, 0.717) is 21.0 Å². The van der Waals surface area contributed by atoms with Crippen LogP contribution in [0.15, 0.2) is 24.3 Å². The van der Waals surface area contributed by atoms with E-state index >= 15 is 0 Å². The van der Waals surface area contributed by atoms with E-state index < -0.39 is 30.7 Å². The van der Waals surface area contributed by atoms with Crippen LogP contribution >= 0.6 is 11.3 Å². The number of fused-ring (bicyclic) bond motifs is 1. The fourth-order valence-corrected chi connectivity index (χ4v) is 3.67. The summed E-state index contributed by atoms with van der Waals surface area (Å²) in [7, 11) is 0. The lowest BCUT2D eigenvalue weighted by atomic mass is 10.1. The van der Waals surface area contributed by atoms with Gasteiger partial charge in [-0.1, -0.05) is 29.0 Å². The minimum Gasteiger partial charge on any atom is -0.394 e. The second kappa shape index (κ2) is 8.50. The summed E-state index contributed by atoms with van der Waals surface area (Å²) in [6.07, 6.45) is 0. The lowest BCUT2D eigenvalue weighted by Crippen LogP contribution is -2.40. The number of nitrogens with one attached hydrogen (secondary N) is 2. The minimum absolute atomic E-state index is 0.125. The number of aryl methyl sites for hydroxylation is 1. The summed E-state index contributed by atoms with van der Waals surface area (Å²) in [6, 6.07) is 6.38. The highest BCUT2D eigenvalue weighted by Gasteiger charge is 2.28. The standard InChI is InChI=1S/C20H25N5O4S/c1-11-5-7-12(8-6-11)17(28)23-19-22-16-15(30-19)14(24-25(16)20(2,3)4)18(29)21-13(9-26)10-27/h5-8,13,26-27H,9-10H2,1-4H3,(H,21,29)(H,22,23,28). The van der Waals surface area contributed by atoms with E-state index in [2.05, 4.69) is 20.7 Å². The van der Waals surface area contributed by atoms with Crippen molar-refractivity contribution in [2.24, 2.45) is 0 Å². The largest absolute Gasteiger partial charge is 0.394 e. The molecule has 160 valence electrons. The molecule has 2 aromatic heterocycles. The van der Waals surface area contributed by atoms with Gasteiger partial charge in [-0.3, -0.25) is 14.9 Å². The number of rotatable bonds is 6. The highest BCUT2D eigenvalue weighted by Crippen LogP contribution is 2.32. The molecule has 0 radical (unpaired) electrons. The number of aliphatic hydroxyl groups is 2. The van der Waals surface area contributed by atoms with Gasteiger partial charge in [0.05, 0.1) is 24.8 Å². The summed E-state index contributed by atoms with van der Waals surface area (Å²) in [4.78, 5) is 29.7. The number of anilines is 1. The predicted octanol–water partition coefficient (Wildman–Crippen LogP) is 1.89. The number of hydrogen-bond donors (Lipinski definition) is 4. The third kappa shape index (κ3) is 4.50. The molecular formula is C20H25N5O4S. The number of thiazole rings is 1. The van der Waals surface area contributed by atoms with Gasteiger partial charge in [-0.25, -0.2) is 4.68 Å². The van der Waals surface area contributed by atoms with Gasteiger partial charge in [-0.2, -0.15) is 10.1 Å². The van der Waals surface area contributed by atoms with Gasteiger partial charge in [-0.15, -0.1) is 0 Å². The molecule has 2 amide bonds. The van der Waals surface area contributed by atoms with Crippen LogP contribution < -0.4 is 10.6 Å². The van der Waals surface area contributed by atoms with Crippen molar-refractivity contribution in [3.8, 4) is 0 Å². The molecule has 0 saturated heterocycles. The Morgan fingerprint density at radius 3 is 2.33 bits per heavy atom. The predicted molar refractivity (Wildman–Crippen MR) is 115 cm³/mol. The van der Waals surface area contributed by atoms with E-state index in [1.807, 2.05) is 39.8 Å². The second-order valence-electron chi connectivity index (χ2n) is 7.96. The fraction of sp³-hybridized carbons (Fsp3) is 0.400. The van der Waals surface area contributed by atoms with Crippen molar-refractivity contribution < 1.29 is 19.8 Å². The van der Waals surface area contributed by atoms with Crippen molar-refractivity contribution in [1.82, 2.24) is 20.1 Å². The molecule has 0 unspecified atom stereocenters. The molecular weight excluding hydrogens is 406 g/mol. The monoisotopic (exact) mass is 431 g/mol. The van der Waals surface area contributed by atoms with E-state index in [1.165, 1.54) is 0 Å². The van der Waals surface area contributed by atoms with E-state index in [1.54, 1.807) is 16.8 Å². The molecule has 0 bridgehead atoms. The van der Waals surface area contributed by atoms with Crippen LogP contribution in [0.2, 0.25) is 0 Å². The molecule has 0 spiro atoms. The summed E-state index contributed by atoms with van der Waals surface area (Å²) in [5.41, 5.74) is 1.69. The van der Waals surface area contributed by atoms with Gasteiger partial charge in [0.2, 0.25) is 0 Å². The van der Waals surface area contributed by atoms with E-state index in [4.69, 9.17) is 0 Å². The average molecular weight is 432 g/mol. The lowest BCUT2D eigenvalue weighted by Gasteiger charge is -2.19. The Morgan fingerprint density at radius 1 is 1.13 bits per heavy atom. The van der Waals surface area contributed by atoms with Gasteiger partial charge in [0.15, 0.2) is 16.5 Å². The van der Waals surface area contributed by atoms with Gasteiger partial charge in [0.25, 0.3) is 11.8 Å². The van der Waals surface area contributed by atoms with Gasteiger partial charge in [0, 0.05) is 5.56 Å². The van der Waals surface area contributed by atoms with Crippen LogP contribution in [0.3, 0.4) is 0 Å². The molecule has 30 heavy (non-hydrogen) atoms. The third-order valence-electron chi connectivity index (χ3n) is 4.39. The number of carbonyl (C=O) groups is 2. The maximum atomic E-state index is 12.7. The fourth-order valence-electron chi connectivity index (χ4n) is 2.75. The van der Waals surface area contributed by atoms with E-state index in [0.717, 1.165) is 16.9 Å². The summed E-state index contributed by atoms with van der Waals surface area (Å²) in [5, 5.41) is 28.6. The number of benzene rings is 1. The number of carbonyl (C=O) groups excluding carboxylic acids is 2. The molecule has 3 rings (SSSR count). The second-order valence-corrected chi connectivity index (χ2v) is 8.96. The zero-order valence-electron chi connectivity index (χ0n) is 17.3. The molecule has 0 aliphatic carbocycles. The summed E-state index contributed by atoms with van der Waals surface area (Å²) in [6.45, 7) is 6.93. The van der Waals surface area contributed by atoms with Crippen LogP contribution in [0.4, 0.5) is 5.13 Å². The Kier molecular flexibility index (Phi) is 6.20.